The summed E-state index contributed by atoms with van der Waals surface area (Å²) in [7, 11) is -10.4. The molecule has 246 valence electrons. The van der Waals surface area contributed by atoms with E-state index in [4.69, 9.17) is 9.47 Å². The van der Waals surface area contributed by atoms with Crippen molar-refractivity contribution in [3.63, 3.8) is 0 Å². The molecule has 3 aromatic rings. The number of piperazine rings is 1. The molecule has 3 aliphatic rings. The van der Waals surface area contributed by atoms with Crippen LogP contribution in [0.1, 0.15) is 62.4 Å². The van der Waals surface area contributed by atoms with Crippen LogP contribution in [-0.2, 0) is 53.0 Å². The molecule has 6 rings (SSSR count). The van der Waals surface area contributed by atoms with E-state index in [2.05, 4.69) is 5.32 Å². The zero-order chi connectivity index (χ0) is 34.1. The molecule has 0 atom stereocenters. The van der Waals surface area contributed by atoms with Gasteiger partial charge in [0.1, 0.15) is 21.4 Å². The van der Waals surface area contributed by atoms with Crippen LogP contribution < -0.4 is 10.1 Å². The van der Waals surface area contributed by atoms with Crippen LogP contribution in [0.25, 0.3) is 0 Å². The fourth-order valence-electron chi connectivity index (χ4n) is 6.44. The molecular formula is C31H28N2O12S2. The molecule has 3 aliphatic heterocycles. The van der Waals surface area contributed by atoms with E-state index in [-0.39, 0.29) is 44.9 Å². The smallest absolute Gasteiger partial charge is 0.340 e. The van der Waals surface area contributed by atoms with Gasteiger partial charge >= 0.3 is 5.97 Å². The Morgan fingerprint density at radius 2 is 1.30 bits per heavy atom. The van der Waals surface area contributed by atoms with Crippen LogP contribution in [0, 0.1) is 0 Å². The maximum atomic E-state index is 13.7. The van der Waals surface area contributed by atoms with Crippen molar-refractivity contribution >= 4 is 43.7 Å². The topological polar surface area (TPSA) is 211 Å². The Balaban J connectivity index is 1.69. The standard InChI is InChI=1S/C31H28N2O12S2/c1-16(34)13-18-3-7-23-25(27(18)46(38,39)40)44-26-24(8-4-19(14-17(2)35)28(26)47(41,42)43)31(23)22-6-5-20(15-21(22)30(37)45-31)29(36)33-11-9-32-10-12-33/h3-8,15,32H,9-14H2,1-2H3,(H,38,39,40)(H,41,42,43). The quantitative estimate of drug-likeness (QED) is 0.241. The molecule has 1 saturated heterocycles. The molecule has 0 unspecified atom stereocenters. The molecule has 1 fully saturated rings. The van der Waals surface area contributed by atoms with E-state index >= 15 is 0 Å². The Morgan fingerprint density at radius 3 is 1.77 bits per heavy atom. The van der Waals surface area contributed by atoms with Gasteiger partial charge in [-0.05, 0) is 37.1 Å². The van der Waals surface area contributed by atoms with Gasteiger partial charge in [-0.25, -0.2) is 4.79 Å². The van der Waals surface area contributed by atoms with Gasteiger partial charge < -0.3 is 19.7 Å². The largest absolute Gasteiger partial charge is 0.453 e. The summed E-state index contributed by atoms with van der Waals surface area (Å²) in [5.41, 5.74) is -2.69. The lowest BCUT2D eigenvalue weighted by Crippen LogP contribution is -2.46. The second kappa shape index (κ2) is 11.3. The summed E-state index contributed by atoms with van der Waals surface area (Å²) < 4.78 is 84.4. The number of benzene rings is 3. The molecule has 0 aliphatic carbocycles. The van der Waals surface area contributed by atoms with Gasteiger partial charge in [0, 0.05) is 61.3 Å². The Labute approximate surface area is 269 Å². The zero-order valence-corrected chi connectivity index (χ0v) is 26.7. The third-order valence-corrected chi connectivity index (χ3v) is 10.2. The highest BCUT2D eigenvalue weighted by Crippen LogP contribution is 2.59. The van der Waals surface area contributed by atoms with E-state index in [1.165, 1.54) is 56.3 Å². The molecule has 0 saturated carbocycles. The van der Waals surface area contributed by atoms with Gasteiger partial charge in [-0.3, -0.25) is 23.5 Å². The molecule has 1 spiro atoms. The summed E-state index contributed by atoms with van der Waals surface area (Å²) in [4.78, 5) is 51.0. The number of fused-ring (bicyclic) bond motifs is 6. The Bertz CT molecular complexity index is 2030. The predicted octanol–water partition coefficient (Wildman–Crippen LogP) is 2.06. The van der Waals surface area contributed by atoms with Crippen molar-refractivity contribution < 1.29 is 54.6 Å². The molecule has 3 N–H and O–H groups in total. The molecule has 0 bridgehead atoms. The number of esters is 1. The van der Waals surface area contributed by atoms with Gasteiger partial charge in [0.15, 0.2) is 17.1 Å². The van der Waals surface area contributed by atoms with Gasteiger partial charge in [-0.2, -0.15) is 16.8 Å². The maximum Gasteiger partial charge on any atom is 0.340 e. The van der Waals surface area contributed by atoms with E-state index in [1.54, 1.807) is 4.90 Å². The van der Waals surface area contributed by atoms with Crippen molar-refractivity contribution in [1.82, 2.24) is 10.2 Å². The first-order chi connectivity index (χ1) is 22.0. The molecular weight excluding hydrogens is 656 g/mol. The summed E-state index contributed by atoms with van der Waals surface area (Å²) in [6.07, 6.45) is -0.954. The van der Waals surface area contributed by atoms with Crippen molar-refractivity contribution in [3.8, 4) is 11.5 Å². The van der Waals surface area contributed by atoms with E-state index in [9.17, 15) is 45.1 Å². The van der Waals surface area contributed by atoms with E-state index < -0.39 is 77.5 Å². The number of carbonyl (C=O) groups excluding carboxylic acids is 4. The highest BCUT2D eigenvalue weighted by molar-refractivity contribution is 7.86. The molecule has 0 aromatic heterocycles. The fourth-order valence-corrected chi connectivity index (χ4v) is 8.16. The summed E-state index contributed by atoms with van der Waals surface area (Å²) >= 11 is 0. The Morgan fingerprint density at radius 1 is 0.809 bits per heavy atom. The third-order valence-electron chi connectivity index (χ3n) is 8.26. The van der Waals surface area contributed by atoms with Gasteiger partial charge in [-0.1, -0.05) is 30.3 Å². The van der Waals surface area contributed by atoms with Crippen LogP contribution >= 0.6 is 0 Å². The zero-order valence-electron chi connectivity index (χ0n) is 25.0. The van der Waals surface area contributed by atoms with Crippen molar-refractivity contribution in [2.75, 3.05) is 26.2 Å². The number of hydrogen-bond acceptors (Lipinski definition) is 11. The summed E-state index contributed by atoms with van der Waals surface area (Å²) in [5, 5.41) is 3.15. The van der Waals surface area contributed by atoms with E-state index in [0.29, 0.717) is 26.2 Å². The normalized spacial score (nSPS) is 16.5. The molecule has 47 heavy (non-hydrogen) atoms. The number of hydrogen-bond donors (Lipinski definition) is 3. The summed E-state index contributed by atoms with van der Waals surface area (Å²) in [6, 6.07) is 9.31. The van der Waals surface area contributed by atoms with Crippen molar-refractivity contribution in [1.29, 1.82) is 0 Å². The minimum Gasteiger partial charge on any atom is -0.453 e. The Kier molecular flexibility index (Phi) is 7.83. The lowest BCUT2D eigenvalue weighted by Gasteiger charge is -2.38. The van der Waals surface area contributed by atoms with Crippen LogP contribution in [0.2, 0.25) is 0 Å². The van der Waals surface area contributed by atoms with Crippen LogP contribution in [0.5, 0.6) is 11.5 Å². The van der Waals surface area contributed by atoms with Gasteiger partial charge in [0.05, 0.1) is 5.56 Å². The van der Waals surface area contributed by atoms with Crippen LogP contribution in [0.15, 0.2) is 52.3 Å². The monoisotopic (exact) mass is 684 g/mol. The highest BCUT2D eigenvalue weighted by atomic mass is 32.2. The molecule has 1 amide bonds. The minimum absolute atomic E-state index is 0.0753. The second-order valence-corrected chi connectivity index (χ2v) is 14.3. The van der Waals surface area contributed by atoms with Crippen molar-refractivity contribution in [2.24, 2.45) is 0 Å². The number of nitrogens with one attached hydrogen (secondary N) is 1. The lowest BCUT2D eigenvalue weighted by atomic mass is 9.76. The first-order valence-corrected chi connectivity index (χ1v) is 17.2. The van der Waals surface area contributed by atoms with Crippen LogP contribution in [0.4, 0.5) is 0 Å². The molecule has 14 nitrogen and oxygen atoms in total. The molecule has 3 heterocycles. The van der Waals surface area contributed by atoms with Crippen LogP contribution in [-0.4, -0.2) is 80.5 Å². The first-order valence-electron chi connectivity index (χ1n) is 14.4. The van der Waals surface area contributed by atoms with Crippen LogP contribution in [0.3, 0.4) is 0 Å². The summed E-state index contributed by atoms with van der Waals surface area (Å²) in [6.45, 7) is 4.40. The average molecular weight is 685 g/mol. The fraction of sp³-hybridized carbons (Fsp3) is 0.290. The second-order valence-electron chi connectivity index (χ2n) is 11.5. The molecule has 16 heteroatoms. The third kappa shape index (κ3) is 5.41. The predicted molar refractivity (Wildman–Crippen MR) is 162 cm³/mol. The minimum atomic E-state index is -5.21. The Hall–Kier alpha value is -4.48. The molecule has 0 radical (unpaired) electrons. The number of amides is 1. The van der Waals surface area contributed by atoms with Crippen molar-refractivity contribution in [3.05, 3.63) is 81.4 Å². The van der Waals surface area contributed by atoms with Gasteiger partial charge in [0.2, 0.25) is 0 Å². The lowest BCUT2D eigenvalue weighted by molar-refractivity contribution is -0.117. The van der Waals surface area contributed by atoms with E-state index in [0.717, 1.165) is 0 Å². The van der Waals surface area contributed by atoms with E-state index in [1.807, 2.05) is 0 Å². The summed E-state index contributed by atoms with van der Waals surface area (Å²) in [5.74, 6) is -3.59. The SMILES string of the molecule is CC(=O)Cc1ccc2c(c1S(=O)(=O)O)Oc1c(ccc(CC(C)=O)c1S(=O)(=O)O)C21OC(=O)c2cc(C(=O)N3CCNCC3)ccc21. The average Bonchev–Trinajstić information content (AvgIpc) is 3.26. The maximum absolute atomic E-state index is 13.7. The number of carbonyl (C=O) groups is 4. The number of Topliss-reactive ketones (excluding diaryl/α,β-unsaturated/α-hetero) is 2. The number of rotatable bonds is 7. The number of ketones is 2. The highest BCUT2D eigenvalue weighted by Gasteiger charge is 2.56. The van der Waals surface area contributed by atoms with Gasteiger partial charge in [0.25, 0.3) is 26.1 Å². The number of nitrogens with zero attached hydrogens (tertiary/aromatic N) is 1. The number of ether oxygens (including phenoxy) is 2. The first kappa shape index (κ1) is 32.5. The molecule has 3 aromatic carbocycles. The van der Waals surface area contributed by atoms with Crippen molar-refractivity contribution in [2.45, 2.75) is 42.1 Å². The van der Waals surface area contributed by atoms with Gasteiger partial charge in [-0.15, -0.1) is 0 Å².